The summed E-state index contributed by atoms with van der Waals surface area (Å²) in [7, 11) is 0. The number of hydrogen-bond donors (Lipinski definition) is 0. The van der Waals surface area contributed by atoms with E-state index in [4.69, 9.17) is 4.42 Å². The summed E-state index contributed by atoms with van der Waals surface area (Å²) in [5.41, 5.74) is 12.8. The molecule has 7 aromatic rings. The van der Waals surface area contributed by atoms with Gasteiger partial charge in [-0.05, 0) is 81.9 Å². The molecular formula is C39H29NO. The summed E-state index contributed by atoms with van der Waals surface area (Å²) >= 11 is 0. The van der Waals surface area contributed by atoms with Gasteiger partial charge in [0, 0.05) is 33.2 Å². The first-order valence-corrected chi connectivity index (χ1v) is 14.2. The summed E-state index contributed by atoms with van der Waals surface area (Å²) in [6, 6.07) is 49.9. The number of rotatable bonds is 4. The molecule has 2 heteroatoms. The highest BCUT2D eigenvalue weighted by atomic mass is 16.3. The summed E-state index contributed by atoms with van der Waals surface area (Å²) in [4.78, 5) is 2.37. The molecule has 0 saturated carbocycles. The van der Waals surface area contributed by atoms with Gasteiger partial charge in [0.1, 0.15) is 11.2 Å². The van der Waals surface area contributed by atoms with Crippen molar-refractivity contribution >= 4 is 39.0 Å². The lowest BCUT2D eigenvalue weighted by Gasteiger charge is -2.28. The van der Waals surface area contributed by atoms with Crippen LogP contribution in [0.25, 0.3) is 44.2 Å². The third-order valence-electron chi connectivity index (χ3n) is 8.65. The third-order valence-corrected chi connectivity index (χ3v) is 8.65. The number of para-hydroxylation sites is 2. The zero-order valence-electron chi connectivity index (χ0n) is 23.1. The molecule has 8 rings (SSSR count). The van der Waals surface area contributed by atoms with E-state index in [0.717, 1.165) is 28.2 Å². The molecule has 196 valence electrons. The summed E-state index contributed by atoms with van der Waals surface area (Å²) in [6.45, 7) is 4.69. The monoisotopic (exact) mass is 527 g/mol. The van der Waals surface area contributed by atoms with Crippen LogP contribution in [0.2, 0.25) is 0 Å². The maximum absolute atomic E-state index is 6.28. The van der Waals surface area contributed by atoms with E-state index in [1.807, 2.05) is 6.07 Å². The normalized spacial score (nSPS) is 13.3. The Morgan fingerprint density at radius 1 is 0.512 bits per heavy atom. The van der Waals surface area contributed by atoms with E-state index in [9.17, 15) is 0 Å². The number of hydrogen-bond acceptors (Lipinski definition) is 2. The summed E-state index contributed by atoms with van der Waals surface area (Å²) < 4.78 is 6.28. The van der Waals surface area contributed by atoms with Crippen LogP contribution >= 0.6 is 0 Å². The van der Waals surface area contributed by atoms with Gasteiger partial charge in [0.05, 0.1) is 0 Å². The van der Waals surface area contributed by atoms with Crippen LogP contribution in [0.4, 0.5) is 17.1 Å². The zero-order valence-corrected chi connectivity index (χ0v) is 23.1. The largest absolute Gasteiger partial charge is 0.456 e. The fourth-order valence-electron chi connectivity index (χ4n) is 6.65. The highest BCUT2D eigenvalue weighted by Gasteiger charge is 2.38. The molecule has 0 fully saturated rings. The smallest absolute Gasteiger partial charge is 0.136 e. The van der Waals surface area contributed by atoms with Crippen molar-refractivity contribution in [3.05, 3.63) is 151 Å². The fraction of sp³-hybridized carbons (Fsp3) is 0.0769. The maximum Gasteiger partial charge on any atom is 0.136 e. The topological polar surface area (TPSA) is 16.4 Å². The van der Waals surface area contributed by atoms with E-state index in [1.54, 1.807) is 0 Å². The molecule has 0 radical (unpaired) electrons. The molecule has 0 aliphatic heterocycles. The zero-order chi connectivity index (χ0) is 27.6. The molecule has 1 heterocycles. The van der Waals surface area contributed by atoms with Crippen molar-refractivity contribution in [3.8, 4) is 22.3 Å². The van der Waals surface area contributed by atoms with Crippen LogP contribution in [0.15, 0.2) is 144 Å². The lowest BCUT2D eigenvalue weighted by Crippen LogP contribution is -2.16. The van der Waals surface area contributed by atoms with Gasteiger partial charge in [-0.1, -0.05) is 105 Å². The molecule has 6 aromatic carbocycles. The van der Waals surface area contributed by atoms with Crippen LogP contribution in [-0.4, -0.2) is 0 Å². The van der Waals surface area contributed by atoms with Gasteiger partial charge in [-0.25, -0.2) is 0 Å². The molecule has 0 bridgehead atoms. The first kappa shape index (κ1) is 23.8. The van der Waals surface area contributed by atoms with E-state index < -0.39 is 0 Å². The van der Waals surface area contributed by atoms with Crippen LogP contribution in [0.5, 0.6) is 0 Å². The van der Waals surface area contributed by atoms with Gasteiger partial charge in [0.2, 0.25) is 0 Å². The Morgan fingerprint density at radius 2 is 1.20 bits per heavy atom. The van der Waals surface area contributed by atoms with E-state index in [-0.39, 0.29) is 5.41 Å². The Morgan fingerprint density at radius 3 is 2.02 bits per heavy atom. The summed E-state index contributed by atoms with van der Waals surface area (Å²) in [5.74, 6) is 0. The van der Waals surface area contributed by atoms with Crippen molar-refractivity contribution in [3.63, 3.8) is 0 Å². The van der Waals surface area contributed by atoms with Crippen molar-refractivity contribution in [2.45, 2.75) is 19.3 Å². The molecule has 41 heavy (non-hydrogen) atoms. The molecule has 0 N–H and O–H groups in total. The molecule has 1 aliphatic carbocycles. The molecule has 0 saturated heterocycles. The van der Waals surface area contributed by atoms with Crippen molar-refractivity contribution in [2.75, 3.05) is 4.90 Å². The van der Waals surface area contributed by atoms with Crippen LogP contribution in [0.3, 0.4) is 0 Å². The van der Waals surface area contributed by atoms with Gasteiger partial charge in [0.25, 0.3) is 0 Å². The van der Waals surface area contributed by atoms with Crippen LogP contribution in [-0.2, 0) is 5.41 Å². The quantitative estimate of drug-likeness (QED) is 0.226. The van der Waals surface area contributed by atoms with Crippen molar-refractivity contribution in [1.82, 2.24) is 0 Å². The first-order valence-electron chi connectivity index (χ1n) is 14.2. The minimum Gasteiger partial charge on any atom is -0.456 e. The first-order chi connectivity index (χ1) is 20.1. The number of fused-ring (bicyclic) bond motifs is 7. The van der Waals surface area contributed by atoms with Gasteiger partial charge >= 0.3 is 0 Å². The lowest BCUT2D eigenvalue weighted by molar-refractivity contribution is 0.656. The van der Waals surface area contributed by atoms with Gasteiger partial charge in [-0.2, -0.15) is 0 Å². The van der Waals surface area contributed by atoms with Gasteiger partial charge in [0.15, 0.2) is 0 Å². The number of furan rings is 1. The molecular weight excluding hydrogens is 498 g/mol. The number of benzene rings is 6. The predicted molar refractivity (Wildman–Crippen MR) is 171 cm³/mol. The molecule has 2 nitrogen and oxygen atoms in total. The summed E-state index contributed by atoms with van der Waals surface area (Å²) in [5, 5.41) is 2.39. The van der Waals surface area contributed by atoms with Gasteiger partial charge in [-0.3, -0.25) is 0 Å². The minimum absolute atomic E-state index is 0.151. The van der Waals surface area contributed by atoms with Crippen molar-refractivity contribution in [2.24, 2.45) is 0 Å². The predicted octanol–water partition coefficient (Wildman–Crippen LogP) is 11.0. The molecule has 0 amide bonds. The Labute approximate surface area is 240 Å². The molecule has 1 aromatic heterocycles. The molecule has 0 atom stereocenters. The Kier molecular flexibility index (Phi) is 5.20. The third kappa shape index (κ3) is 3.64. The van der Waals surface area contributed by atoms with Crippen molar-refractivity contribution in [1.29, 1.82) is 0 Å². The van der Waals surface area contributed by atoms with Crippen LogP contribution in [0.1, 0.15) is 25.0 Å². The van der Waals surface area contributed by atoms with Crippen LogP contribution in [0, 0.1) is 0 Å². The van der Waals surface area contributed by atoms with Crippen molar-refractivity contribution < 1.29 is 4.42 Å². The van der Waals surface area contributed by atoms with E-state index >= 15 is 0 Å². The second-order valence-electron chi connectivity index (χ2n) is 11.4. The lowest BCUT2D eigenvalue weighted by atomic mass is 9.82. The van der Waals surface area contributed by atoms with Crippen LogP contribution < -0.4 is 4.90 Å². The van der Waals surface area contributed by atoms with Gasteiger partial charge < -0.3 is 9.32 Å². The number of anilines is 3. The minimum atomic E-state index is -0.151. The molecule has 0 unspecified atom stereocenters. The fourth-order valence-corrected chi connectivity index (χ4v) is 6.65. The SMILES string of the molecule is CC1(C)c2cc(N(c3ccccc3)c3cccc(-c4ccccc4)c3)ccc2-c2c1ccc1oc3ccccc3c21. The standard InChI is InChI=1S/C39H29NO/c1-39(2)33-22-23-36-38(32-18-9-10-19-35(32)41-36)37(33)31-21-20-30(25-34(31)39)40(28-15-7-4-8-16-28)29-17-11-14-27(24-29)26-12-5-3-6-13-26/h3-25H,1-2H3. The summed E-state index contributed by atoms with van der Waals surface area (Å²) in [6.07, 6.45) is 0. The Hall–Kier alpha value is -5.08. The average Bonchev–Trinajstić information content (AvgIpc) is 3.51. The highest BCUT2D eigenvalue weighted by molar-refractivity contribution is 6.15. The Balaban J connectivity index is 1.33. The van der Waals surface area contributed by atoms with E-state index in [0.29, 0.717) is 0 Å². The van der Waals surface area contributed by atoms with E-state index in [1.165, 1.54) is 44.2 Å². The maximum atomic E-state index is 6.28. The van der Waals surface area contributed by atoms with Gasteiger partial charge in [-0.15, -0.1) is 0 Å². The second kappa shape index (κ2) is 8.97. The highest BCUT2D eigenvalue weighted by Crippen LogP contribution is 2.54. The Bertz CT molecular complexity index is 2070. The second-order valence-corrected chi connectivity index (χ2v) is 11.4. The molecule has 1 aliphatic rings. The van der Waals surface area contributed by atoms with E-state index in [2.05, 4.69) is 152 Å². The molecule has 0 spiro atoms. The number of nitrogens with zero attached hydrogens (tertiary/aromatic N) is 1. The average molecular weight is 528 g/mol.